The smallest absolute Gasteiger partial charge is 0.386 e. The van der Waals surface area contributed by atoms with Crippen molar-refractivity contribution in [2.24, 2.45) is 0 Å². The Morgan fingerprint density at radius 2 is 1.72 bits per heavy atom. The van der Waals surface area contributed by atoms with Crippen LogP contribution in [0.2, 0.25) is 0 Å². The Morgan fingerprint density at radius 1 is 1.20 bits per heavy atom. The molecule has 9 nitrogen and oxygen atoms in total. The van der Waals surface area contributed by atoms with E-state index in [0.29, 0.717) is 0 Å². The van der Waals surface area contributed by atoms with Gasteiger partial charge in [-0.05, 0) is 17.7 Å². The van der Waals surface area contributed by atoms with Crippen molar-refractivity contribution in [3.63, 3.8) is 0 Å². The molecule has 0 spiro atoms. The number of carbonyl (C=O) groups is 1. The first-order valence-electron chi connectivity index (χ1n) is 6.49. The van der Waals surface area contributed by atoms with E-state index >= 15 is 0 Å². The van der Waals surface area contributed by atoms with E-state index in [4.69, 9.17) is 27.8 Å². The SMILES string of the molecule is CS(=O)(=O)c1ccc([C@@H](O)[C@@H](COS(=O)(=O)O)NC(=O)C(Cl)Cl)cc1. The van der Waals surface area contributed by atoms with Crippen LogP contribution in [-0.2, 0) is 29.2 Å². The molecule has 0 fully saturated rings. The number of halogens is 2. The van der Waals surface area contributed by atoms with Gasteiger partial charge in [-0.2, -0.15) is 8.42 Å². The van der Waals surface area contributed by atoms with Crippen LogP contribution < -0.4 is 5.32 Å². The fourth-order valence-corrected chi connectivity index (χ4v) is 2.84. The van der Waals surface area contributed by atoms with Gasteiger partial charge in [-0.25, -0.2) is 12.6 Å². The average molecular weight is 436 g/mol. The first-order chi connectivity index (χ1) is 11.3. The van der Waals surface area contributed by atoms with Crippen LogP contribution in [-0.4, -0.2) is 56.1 Å². The Balaban J connectivity index is 3.04. The fraction of sp³-hybridized carbons (Fsp3) is 0.417. The number of aliphatic hydroxyl groups is 1. The molecule has 0 unspecified atom stereocenters. The third-order valence-electron chi connectivity index (χ3n) is 2.95. The molecule has 0 saturated carbocycles. The van der Waals surface area contributed by atoms with Crippen LogP contribution >= 0.6 is 23.2 Å². The summed E-state index contributed by atoms with van der Waals surface area (Å²) in [6, 6.07) is 3.64. The van der Waals surface area contributed by atoms with Crippen molar-refractivity contribution in [2.75, 3.05) is 12.9 Å². The lowest BCUT2D eigenvalue weighted by atomic mass is 10.0. The second-order valence-electron chi connectivity index (χ2n) is 4.91. The van der Waals surface area contributed by atoms with Crippen molar-refractivity contribution in [3.05, 3.63) is 29.8 Å². The highest BCUT2D eigenvalue weighted by Gasteiger charge is 2.27. The lowest BCUT2D eigenvalue weighted by Gasteiger charge is -2.24. The van der Waals surface area contributed by atoms with Crippen LogP contribution in [0, 0.1) is 0 Å². The molecule has 142 valence electrons. The van der Waals surface area contributed by atoms with Gasteiger partial charge in [0.05, 0.1) is 17.5 Å². The molecular formula is C12H15Cl2NO8S2. The van der Waals surface area contributed by atoms with Crippen LogP contribution in [0.4, 0.5) is 0 Å². The zero-order chi connectivity index (χ0) is 19.4. The number of hydrogen-bond acceptors (Lipinski definition) is 7. The number of nitrogens with one attached hydrogen (secondary N) is 1. The molecule has 0 aliphatic rings. The van der Waals surface area contributed by atoms with E-state index in [0.717, 1.165) is 6.26 Å². The highest BCUT2D eigenvalue weighted by atomic mass is 35.5. The van der Waals surface area contributed by atoms with E-state index in [2.05, 4.69) is 9.50 Å². The Labute approximate surface area is 154 Å². The minimum atomic E-state index is -4.82. The Hall–Kier alpha value is -0.950. The summed E-state index contributed by atoms with van der Waals surface area (Å²) in [5, 5.41) is 12.5. The molecule has 25 heavy (non-hydrogen) atoms. The highest BCUT2D eigenvalue weighted by Crippen LogP contribution is 2.20. The van der Waals surface area contributed by atoms with Gasteiger partial charge in [-0.15, -0.1) is 0 Å². The van der Waals surface area contributed by atoms with Crippen molar-refractivity contribution in [3.8, 4) is 0 Å². The number of carbonyl (C=O) groups excluding carboxylic acids is 1. The molecule has 1 aromatic rings. The monoisotopic (exact) mass is 435 g/mol. The van der Waals surface area contributed by atoms with E-state index in [1.807, 2.05) is 0 Å². The summed E-state index contributed by atoms with van der Waals surface area (Å²) < 4.78 is 57.0. The normalized spacial score (nSPS) is 15.0. The van der Waals surface area contributed by atoms with Crippen LogP contribution in [0.15, 0.2) is 29.2 Å². The van der Waals surface area contributed by atoms with Gasteiger partial charge in [0.25, 0.3) is 5.91 Å². The summed E-state index contributed by atoms with van der Waals surface area (Å²) in [5.41, 5.74) is 0.150. The number of alkyl halides is 2. The minimum Gasteiger partial charge on any atom is -0.386 e. The number of benzene rings is 1. The molecule has 0 radical (unpaired) electrons. The molecular weight excluding hydrogens is 421 g/mol. The molecule has 1 aromatic carbocycles. The Bertz CT molecular complexity index is 808. The predicted octanol–water partition coefficient (Wildman–Crippen LogP) is 0.231. The molecule has 1 amide bonds. The van der Waals surface area contributed by atoms with E-state index in [-0.39, 0.29) is 10.5 Å². The minimum absolute atomic E-state index is 0.000183. The standard InChI is InChI=1S/C12H15Cl2NO8S2/c1-24(18,19)8-4-2-7(3-5-8)10(16)9(6-23-25(20,21)22)15-12(17)11(13)14/h2-5,9-11,16H,6H2,1H3,(H,15,17)(H,20,21,22)/t9-,10-/m1/s1. The Kier molecular flexibility index (Phi) is 7.62. The summed E-state index contributed by atoms with van der Waals surface area (Å²) >= 11 is 10.8. The molecule has 0 aromatic heterocycles. The van der Waals surface area contributed by atoms with Crippen molar-refractivity contribution in [2.45, 2.75) is 21.9 Å². The predicted molar refractivity (Wildman–Crippen MR) is 89.4 cm³/mol. The van der Waals surface area contributed by atoms with Gasteiger partial charge in [0.15, 0.2) is 14.7 Å². The summed E-state index contributed by atoms with van der Waals surface area (Å²) in [5.74, 6) is -0.931. The molecule has 2 atom stereocenters. The van der Waals surface area contributed by atoms with Gasteiger partial charge in [0.1, 0.15) is 6.10 Å². The molecule has 0 aliphatic carbocycles. The first-order valence-corrected chi connectivity index (χ1v) is 10.6. The largest absolute Gasteiger partial charge is 0.397 e. The third kappa shape index (κ3) is 7.44. The fourth-order valence-electron chi connectivity index (χ4n) is 1.76. The summed E-state index contributed by atoms with van der Waals surface area (Å²) in [6.07, 6.45) is -0.505. The lowest BCUT2D eigenvalue weighted by molar-refractivity contribution is -0.121. The zero-order valence-electron chi connectivity index (χ0n) is 12.7. The van der Waals surface area contributed by atoms with Crippen LogP contribution in [0.1, 0.15) is 11.7 Å². The quantitative estimate of drug-likeness (QED) is 0.388. The van der Waals surface area contributed by atoms with Crippen molar-refractivity contribution in [1.82, 2.24) is 5.32 Å². The van der Waals surface area contributed by atoms with Crippen LogP contribution in [0.5, 0.6) is 0 Å². The molecule has 0 aliphatic heterocycles. The zero-order valence-corrected chi connectivity index (χ0v) is 15.8. The van der Waals surface area contributed by atoms with Crippen LogP contribution in [0.3, 0.4) is 0 Å². The van der Waals surface area contributed by atoms with Crippen molar-refractivity contribution < 1.29 is 35.5 Å². The lowest BCUT2D eigenvalue weighted by Crippen LogP contribution is -2.45. The van der Waals surface area contributed by atoms with E-state index < -0.39 is 49.7 Å². The van der Waals surface area contributed by atoms with E-state index in [9.17, 15) is 26.7 Å². The van der Waals surface area contributed by atoms with Gasteiger partial charge in [0.2, 0.25) is 0 Å². The summed E-state index contributed by atoms with van der Waals surface area (Å²) in [7, 11) is -8.27. The maximum Gasteiger partial charge on any atom is 0.397 e. The van der Waals surface area contributed by atoms with Gasteiger partial charge < -0.3 is 10.4 Å². The number of rotatable bonds is 8. The van der Waals surface area contributed by atoms with E-state index in [1.54, 1.807) is 0 Å². The van der Waals surface area contributed by atoms with E-state index in [1.165, 1.54) is 24.3 Å². The van der Waals surface area contributed by atoms with Crippen LogP contribution in [0.25, 0.3) is 0 Å². The van der Waals surface area contributed by atoms with Crippen molar-refractivity contribution in [1.29, 1.82) is 0 Å². The Morgan fingerprint density at radius 3 is 2.12 bits per heavy atom. The van der Waals surface area contributed by atoms with Gasteiger partial charge in [-0.3, -0.25) is 9.35 Å². The number of sulfone groups is 1. The second kappa shape index (κ2) is 8.62. The number of aliphatic hydroxyl groups excluding tert-OH is 1. The third-order valence-corrected chi connectivity index (χ3v) is 4.91. The molecule has 3 N–H and O–H groups in total. The molecule has 0 bridgehead atoms. The highest BCUT2D eigenvalue weighted by molar-refractivity contribution is 7.90. The maximum atomic E-state index is 11.6. The van der Waals surface area contributed by atoms with Gasteiger partial charge in [0, 0.05) is 6.26 Å². The molecule has 1 rings (SSSR count). The topological polar surface area (TPSA) is 147 Å². The second-order valence-corrected chi connectivity index (χ2v) is 9.12. The average Bonchev–Trinajstić information content (AvgIpc) is 2.48. The molecule has 0 heterocycles. The maximum absolute atomic E-state index is 11.6. The molecule has 13 heteroatoms. The van der Waals surface area contributed by atoms with Gasteiger partial charge in [-0.1, -0.05) is 35.3 Å². The summed E-state index contributed by atoms with van der Waals surface area (Å²) in [6.45, 7) is -0.819. The first kappa shape index (κ1) is 22.1. The number of hydrogen-bond donors (Lipinski definition) is 3. The van der Waals surface area contributed by atoms with Crippen molar-refractivity contribution >= 4 is 49.3 Å². The number of amides is 1. The van der Waals surface area contributed by atoms with Gasteiger partial charge >= 0.3 is 10.4 Å². The molecule has 0 saturated heterocycles. The summed E-state index contributed by atoms with van der Waals surface area (Å²) in [4.78, 5) is 10.1.